The van der Waals surface area contributed by atoms with E-state index in [9.17, 15) is 4.79 Å². The van der Waals surface area contributed by atoms with E-state index in [0.717, 1.165) is 0 Å². The molecule has 2 aromatic heterocycles. The predicted octanol–water partition coefficient (Wildman–Crippen LogP) is 4.07. The molecule has 2 rings (SSSR count). The summed E-state index contributed by atoms with van der Waals surface area (Å²) in [5, 5.41) is 1.08. The molecule has 0 saturated carbocycles. The summed E-state index contributed by atoms with van der Waals surface area (Å²) < 4.78 is 0. The Hall–Kier alpha value is -0.740. The van der Waals surface area contributed by atoms with Gasteiger partial charge in [0.25, 0.3) is 0 Å². The number of hydrogen-bond donors (Lipinski definition) is 1. The second-order valence-electron chi connectivity index (χ2n) is 2.75. The van der Waals surface area contributed by atoms with Crippen molar-refractivity contribution in [3.8, 4) is 0 Å². The van der Waals surface area contributed by atoms with Gasteiger partial charge in [0.2, 0.25) is 5.43 Å². The van der Waals surface area contributed by atoms with E-state index in [1.807, 2.05) is 0 Å². The van der Waals surface area contributed by atoms with Crippen LogP contribution >= 0.6 is 46.4 Å². The van der Waals surface area contributed by atoms with Gasteiger partial charge in [-0.2, -0.15) is 0 Å². The third kappa shape index (κ3) is 4.56. The molecule has 17 heavy (non-hydrogen) atoms. The zero-order valence-corrected chi connectivity index (χ0v) is 11.3. The topological polar surface area (TPSA) is 45.8 Å². The van der Waals surface area contributed by atoms with Gasteiger partial charge in [-0.05, 0) is 12.1 Å². The lowest BCUT2D eigenvalue weighted by Gasteiger charge is -1.89. The quantitative estimate of drug-likeness (QED) is 0.745. The third-order valence-corrected chi connectivity index (χ3v) is 3.04. The number of rotatable bonds is 0. The fourth-order valence-electron chi connectivity index (χ4n) is 0.802. The molecule has 7 heteroatoms. The van der Waals surface area contributed by atoms with Gasteiger partial charge in [0.1, 0.15) is 15.3 Å². The van der Waals surface area contributed by atoms with Crippen molar-refractivity contribution in [2.45, 2.75) is 0 Å². The van der Waals surface area contributed by atoms with Crippen LogP contribution in [0.1, 0.15) is 0 Å². The fourth-order valence-corrected chi connectivity index (χ4v) is 1.32. The van der Waals surface area contributed by atoms with Crippen LogP contribution < -0.4 is 5.43 Å². The average molecular weight is 312 g/mol. The molecule has 0 amide bonds. The first-order chi connectivity index (χ1) is 8.02. The molecule has 0 aliphatic heterocycles. The summed E-state index contributed by atoms with van der Waals surface area (Å²) in [5.41, 5.74) is -0.264. The van der Waals surface area contributed by atoms with Crippen LogP contribution in [0, 0.1) is 0 Å². The number of hydrogen-bond acceptors (Lipinski definition) is 2. The van der Waals surface area contributed by atoms with Gasteiger partial charge in [-0.25, -0.2) is 4.98 Å². The van der Waals surface area contributed by atoms with E-state index in [0.29, 0.717) is 10.2 Å². The fraction of sp³-hybridized carbons (Fsp3) is 0. The van der Waals surface area contributed by atoms with E-state index >= 15 is 0 Å². The molecule has 0 fully saturated rings. The molecule has 0 radical (unpaired) electrons. The molecule has 0 aromatic carbocycles. The highest BCUT2D eigenvalue weighted by molar-refractivity contribution is 6.41. The molecule has 0 aliphatic carbocycles. The van der Waals surface area contributed by atoms with E-state index in [-0.39, 0.29) is 15.6 Å². The van der Waals surface area contributed by atoms with E-state index in [2.05, 4.69) is 9.97 Å². The van der Waals surface area contributed by atoms with Crippen LogP contribution in [0.25, 0.3) is 0 Å². The summed E-state index contributed by atoms with van der Waals surface area (Å²) in [6, 6.07) is 4.74. The minimum atomic E-state index is -0.264. The maximum absolute atomic E-state index is 10.6. The zero-order valence-electron chi connectivity index (χ0n) is 8.25. The average Bonchev–Trinajstić information content (AvgIpc) is 2.31. The smallest absolute Gasteiger partial charge is 0.201 e. The molecule has 0 bridgehead atoms. The Morgan fingerprint density at radius 2 is 1.82 bits per heavy atom. The van der Waals surface area contributed by atoms with Crippen LogP contribution in [0.15, 0.2) is 35.4 Å². The van der Waals surface area contributed by atoms with E-state index < -0.39 is 0 Å². The molecule has 0 unspecified atom stereocenters. The number of nitrogens with one attached hydrogen (secondary N) is 1. The Bertz CT molecular complexity index is 535. The van der Waals surface area contributed by atoms with E-state index in [1.165, 1.54) is 12.3 Å². The first-order valence-corrected chi connectivity index (χ1v) is 5.82. The Balaban J connectivity index is 0.000000171. The van der Waals surface area contributed by atoms with Crippen molar-refractivity contribution in [2.75, 3.05) is 0 Å². The number of nitrogens with zero attached hydrogens (tertiary/aromatic N) is 1. The normalized spacial score (nSPS) is 9.41. The summed E-state index contributed by atoms with van der Waals surface area (Å²) in [5.74, 6) is 0. The summed E-state index contributed by atoms with van der Waals surface area (Å²) in [7, 11) is 0. The molecule has 2 heterocycles. The van der Waals surface area contributed by atoms with Gasteiger partial charge in [-0.15, -0.1) is 0 Å². The minimum absolute atomic E-state index is 0.0409. The lowest BCUT2D eigenvalue weighted by Crippen LogP contribution is -1.99. The molecular formula is C10H6Cl4N2O. The molecule has 0 saturated heterocycles. The minimum Gasteiger partial charge on any atom is -0.351 e. The van der Waals surface area contributed by atoms with Crippen molar-refractivity contribution < 1.29 is 0 Å². The van der Waals surface area contributed by atoms with Gasteiger partial charge in [0.15, 0.2) is 0 Å². The SMILES string of the molecule is Clc1cccnc1Cl.O=c1cc[nH]c(Cl)c1Cl. The van der Waals surface area contributed by atoms with Crippen LogP contribution in [0.3, 0.4) is 0 Å². The predicted molar refractivity (Wildman–Crippen MR) is 71.3 cm³/mol. The third-order valence-electron chi connectivity index (χ3n) is 1.57. The Morgan fingerprint density at radius 3 is 2.24 bits per heavy atom. The zero-order chi connectivity index (χ0) is 12.8. The van der Waals surface area contributed by atoms with Crippen LogP contribution in [-0.4, -0.2) is 9.97 Å². The second kappa shape index (κ2) is 6.87. The number of halogens is 4. The molecule has 90 valence electrons. The summed E-state index contributed by atoms with van der Waals surface area (Å²) in [6.07, 6.45) is 3.03. The highest BCUT2D eigenvalue weighted by Crippen LogP contribution is 2.16. The van der Waals surface area contributed by atoms with Crippen molar-refractivity contribution in [1.82, 2.24) is 9.97 Å². The molecule has 3 nitrogen and oxygen atoms in total. The number of pyridine rings is 2. The number of aromatic amines is 1. The Labute approximate surface area is 117 Å². The highest BCUT2D eigenvalue weighted by Gasteiger charge is 1.97. The van der Waals surface area contributed by atoms with Crippen LogP contribution in [0.2, 0.25) is 20.4 Å². The van der Waals surface area contributed by atoms with Gasteiger partial charge in [-0.3, -0.25) is 4.79 Å². The van der Waals surface area contributed by atoms with Crippen LogP contribution in [0.5, 0.6) is 0 Å². The second-order valence-corrected chi connectivity index (χ2v) is 4.27. The maximum atomic E-state index is 10.6. The maximum Gasteiger partial charge on any atom is 0.201 e. The molecule has 1 N–H and O–H groups in total. The Kier molecular flexibility index (Phi) is 5.78. The Morgan fingerprint density at radius 1 is 1.12 bits per heavy atom. The lowest BCUT2D eigenvalue weighted by molar-refractivity contribution is 1.30. The summed E-state index contributed by atoms with van der Waals surface area (Å²) in [6.45, 7) is 0. The first kappa shape index (κ1) is 14.3. The first-order valence-electron chi connectivity index (χ1n) is 4.31. The monoisotopic (exact) mass is 310 g/mol. The van der Waals surface area contributed by atoms with Crippen molar-refractivity contribution >= 4 is 46.4 Å². The van der Waals surface area contributed by atoms with E-state index in [4.69, 9.17) is 46.4 Å². The number of H-pyrrole nitrogens is 1. The van der Waals surface area contributed by atoms with Crippen LogP contribution in [0.4, 0.5) is 0 Å². The van der Waals surface area contributed by atoms with Gasteiger partial charge in [-0.1, -0.05) is 46.4 Å². The van der Waals surface area contributed by atoms with Gasteiger partial charge in [0, 0.05) is 18.5 Å². The van der Waals surface area contributed by atoms with Gasteiger partial charge < -0.3 is 4.98 Å². The summed E-state index contributed by atoms with van der Waals surface area (Å²) in [4.78, 5) is 16.9. The van der Waals surface area contributed by atoms with Gasteiger partial charge in [0.05, 0.1) is 5.02 Å². The van der Waals surface area contributed by atoms with Crippen LogP contribution in [-0.2, 0) is 0 Å². The molecule has 2 aromatic rings. The standard InChI is InChI=1S/C5H3Cl2NO.C5H3Cl2N/c6-4-3(9)1-2-8-5(4)7;6-4-2-1-3-8-5(4)7/h1-2H,(H,8,9);1-3H. The number of aromatic nitrogens is 2. The van der Waals surface area contributed by atoms with Crippen molar-refractivity contribution in [3.63, 3.8) is 0 Å². The highest BCUT2D eigenvalue weighted by atomic mass is 35.5. The molecular weight excluding hydrogens is 306 g/mol. The van der Waals surface area contributed by atoms with E-state index in [1.54, 1.807) is 18.3 Å². The molecule has 0 spiro atoms. The van der Waals surface area contributed by atoms with Crippen molar-refractivity contribution in [1.29, 1.82) is 0 Å². The molecule has 0 atom stereocenters. The lowest BCUT2D eigenvalue weighted by atomic mass is 10.5. The summed E-state index contributed by atoms with van der Waals surface area (Å²) >= 11 is 21.8. The largest absolute Gasteiger partial charge is 0.351 e. The van der Waals surface area contributed by atoms with Crippen molar-refractivity contribution in [3.05, 3.63) is 61.2 Å². The molecule has 0 aliphatic rings. The van der Waals surface area contributed by atoms with Gasteiger partial charge >= 0.3 is 0 Å². The van der Waals surface area contributed by atoms with Crippen molar-refractivity contribution in [2.24, 2.45) is 0 Å².